The minimum absolute atomic E-state index is 0. The van der Waals surface area contributed by atoms with Gasteiger partial charge in [-0.25, -0.2) is 0 Å². The van der Waals surface area contributed by atoms with Gasteiger partial charge >= 0.3 is 0 Å². The molecule has 0 radical (unpaired) electrons. The number of guanidine groups is 1. The second kappa shape index (κ2) is 12.0. The van der Waals surface area contributed by atoms with Crippen LogP contribution in [0.2, 0.25) is 0 Å². The van der Waals surface area contributed by atoms with E-state index in [1.165, 1.54) is 11.1 Å². The molecule has 28 heavy (non-hydrogen) atoms. The van der Waals surface area contributed by atoms with Crippen LogP contribution in [0, 0.1) is 0 Å². The number of aliphatic hydroxyl groups is 1. The standard InChI is InChI=1S/C22H32N4O.HI/c1-5-17-7-9-19(10-8-17)22(3,4)16-26-21(24-6-2)25-15-20(27)18-11-13-23-14-12-18;/h7-14,20,27H,5-6,15-16H2,1-4H3,(H2,24,25,26);1H. The van der Waals surface area contributed by atoms with Gasteiger partial charge in [0.15, 0.2) is 5.96 Å². The average molecular weight is 496 g/mol. The molecule has 1 unspecified atom stereocenters. The van der Waals surface area contributed by atoms with E-state index in [1.807, 2.05) is 19.1 Å². The number of aliphatic imine (C=N–C) groups is 1. The molecule has 0 saturated carbocycles. The van der Waals surface area contributed by atoms with Crippen LogP contribution < -0.4 is 10.6 Å². The van der Waals surface area contributed by atoms with Gasteiger partial charge in [0.1, 0.15) is 0 Å². The lowest BCUT2D eigenvalue weighted by Crippen LogP contribution is -2.40. The van der Waals surface area contributed by atoms with E-state index in [1.54, 1.807) is 12.4 Å². The number of hydrogen-bond acceptors (Lipinski definition) is 3. The number of rotatable bonds is 8. The summed E-state index contributed by atoms with van der Waals surface area (Å²) in [6.45, 7) is 10.4. The van der Waals surface area contributed by atoms with Crippen molar-refractivity contribution in [1.29, 1.82) is 0 Å². The lowest BCUT2D eigenvalue weighted by Gasteiger charge is -2.24. The fourth-order valence-electron chi connectivity index (χ4n) is 2.80. The Morgan fingerprint density at radius 3 is 2.29 bits per heavy atom. The number of halogens is 1. The number of benzene rings is 1. The Labute approximate surface area is 186 Å². The summed E-state index contributed by atoms with van der Waals surface area (Å²) in [6.07, 6.45) is 3.81. The summed E-state index contributed by atoms with van der Waals surface area (Å²) >= 11 is 0. The van der Waals surface area contributed by atoms with Crippen LogP contribution in [0.4, 0.5) is 0 Å². The van der Waals surface area contributed by atoms with Gasteiger partial charge in [-0.3, -0.25) is 9.98 Å². The summed E-state index contributed by atoms with van der Waals surface area (Å²) in [4.78, 5) is 8.72. The molecule has 0 bridgehead atoms. The van der Waals surface area contributed by atoms with E-state index in [4.69, 9.17) is 4.99 Å². The van der Waals surface area contributed by atoms with Gasteiger partial charge in [0.2, 0.25) is 0 Å². The van der Waals surface area contributed by atoms with E-state index in [9.17, 15) is 5.11 Å². The zero-order valence-electron chi connectivity index (χ0n) is 17.3. The Balaban J connectivity index is 0.00000392. The fraction of sp³-hybridized carbons (Fsp3) is 0.455. The molecule has 2 rings (SSSR count). The zero-order valence-corrected chi connectivity index (χ0v) is 19.6. The van der Waals surface area contributed by atoms with Gasteiger partial charge < -0.3 is 15.7 Å². The van der Waals surface area contributed by atoms with Crippen molar-refractivity contribution in [2.45, 2.75) is 45.6 Å². The first-order valence-electron chi connectivity index (χ1n) is 9.66. The summed E-state index contributed by atoms with van der Waals surface area (Å²) in [7, 11) is 0. The van der Waals surface area contributed by atoms with Crippen LogP contribution in [0.15, 0.2) is 53.8 Å². The molecule has 2 aromatic rings. The molecule has 0 spiro atoms. The van der Waals surface area contributed by atoms with Crippen molar-refractivity contribution >= 4 is 29.9 Å². The van der Waals surface area contributed by atoms with Gasteiger partial charge in [-0.15, -0.1) is 24.0 Å². The van der Waals surface area contributed by atoms with Gasteiger partial charge in [-0.05, 0) is 42.2 Å². The molecule has 1 aromatic heterocycles. The molecule has 1 heterocycles. The van der Waals surface area contributed by atoms with Crippen LogP contribution in [0.1, 0.15) is 50.5 Å². The van der Waals surface area contributed by atoms with Crippen LogP contribution in [0.3, 0.4) is 0 Å². The number of aryl methyl sites for hydroxylation is 1. The first-order chi connectivity index (χ1) is 13.0. The van der Waals surface area contributed by atoms with Gasteiger partial charge in [-0.1, -0.05) is 45.0 Å². The highest BCUT2D eigenvalue weighted by Crippen LogP contribution is 2.24. The third-order valence-corrected chi connectivity index (χ3v) is 4.67. The molecule has 1 aromatic carbocycles. The second-order valence-corrected chi connectivity index (χ2v) is 7.31. The van der Waals surface area contributed by atoms with Crippen LogP contribution >= 0.6 is 24.0 Å². The maximum atomic E-state index is 10.3. The lowest BCUT2D eigenvalue weighted by atomic mass is 9.84. The van der Waals surface area contributed by atoms with E-state index < -0.39 is 6.10 Å². The maximum Gasteiger partial charge on any atom is 0.191 e. The van der Waals surface area contributed by atoms with E-state index >= 15 is 0 Å². The zero-order chi connectivity index (χ0) is 19.7. The van der Waals surface area contributed by atoms with Crippen LogP contribution in [0.5, 0.6) is 0 Å². The Morgan fingerprint density at radius 2 is 1.71 bits per heavy atom. The van der Waals surface area contributed by atoms with E-state index in [2.05, 4.69) is 60.7 Å². The molecule has 154 valence electrons. The number of aromatic nitrogens is 1. The number of nitrogens with zero attached hydrogens (tertiary/aromatic N) is 2. The summed E-state index contributed by atoms with van der Waals surface area (Å²) in [5, 5.41) is 16.8. The molecule has 5 nitrogen and oxygen atoms in total. The highest BCUT2D eigenvalue weighted by Gasteiger charge is 2.20. The minimum Gasteiger partial charge on any atom is -0.387 e. The minimum atomic E-state index is -0.605. The molecule has 0 fully saturated rings. The smallest absolute Gasteiger partial charge is 0.191 e. The number of aliphatic hydroxyl groups excluding tert-OH is 1. The molecule has 6 heteroatoms. The molecular formula is C22H33IN4O. The summed E-state index contributed by atoms with van der Waals surface area (Å²) in [6, 6.07) is 12.4. The lowest BCUT2D eigenvalue weighted by molar-refractivity contribution is 0.180. The Bertz CT molecular complexity index is 717. The molecule has 1 atom stereocenters. The molecular weight excluding hydrogens is 463 g/mol. The van der Waals surface area contributed by atoms with Crippen molar-refractivity contribution in [3.05, 3.63) is 65.5 Å². The van der Waals surface area contributed by atoms with Crippen molar-refractivity contribution in [3.8, 4) is 0 Å². The SMILES string of the molecule is CCNC(=NCC(C)(C)c1ccc(CC)cc1)NCC(O)c1ccncc1.I. The highest BCUT2D eigenvalue weighted by atomic mass is 127. The third-order valence-electron chi connectivity index (χ3n) is 4.67. The van der Waals surface area contributed by atoms with Crippen molar-refractivity contribution in [3.63, 3.8) is 0 Å². The van der Waals surface area contributed by atoms with Crippen molar-refractivity contribution in [2.75, 3.05) is 19.6 Å². The molecule has 0 aliphatic heterocycles. The number of hydrogen-bond donors (Lipinski definition) is 3. The van der Waals surface area contributed by atoms with Crippen molar-refractivity contribution in [1.82, 2.24) is 15.6 Å². The van der Waals surface area contributed by atoms with Crippen LogP contribution in [-0.2, 0) is 11.8 Å². The van der Waals surface area contributed by atoms with Crippen molar-refractivity contribution in [2.24, 2.45) is 4.99 Å². The quantitative estimate of drug-likeness (QED) is 0.295. The van der Waals surface area contributed by atoms with Gasteiger partial charge in [0.05, 0.1) is 12.6 Å². The second-order valence-electron chi connectivity index (χ2n) is 7.31. The number of nitrogens with one attached hydrogen (secondary N) is 2. The van der Waals surface area contributed by atoms with Crippen LogP contribution in [-0.4, -0.2) is 35.7 Å². The summed E-state index contributed by atoms with van der Waals surface area (Å²) in [5.74, 6) is 0.712. The summed E-state index contributed by atoms with van der Waals surface area (Å²) in [5.41, 5.74) is 3.39. The highest BCUT2D eigenvalue weighted by molar-refractivity contribution is 14.0. The van der Waals surface area contributed by atoms with Gasteiger partial charge in [-0.2, -0.15) is 0 Å². The molecule has 0 amide bonds. The predicted molar refractivity (Wildman–Crippen MR) is 127 cm³/mol. The Morgan fingerprint density at radius 1 is 1.07 bits per heavy atom. The normalized spacial score (nSPS) is 12.8. The first-order valence-corrected chi connectivity index (χ1v) is 9.66. The summed E-state index contributed by atoms with van der Waals surface area (Å²) < 4.78 is 0. The first kappa shape index (κ1) is 24.4. The van der Waals surface area contributed by atoms with Gasteiger partial charge in [0.25, 0.3) is 0 Å². The third kappa shape index (κ3) is 7.39. The van der Waals surface area contributed by atoms with E-state index in [0.29, 0.717) is 19.0 Å². The molecule has 3 N–H and O–H groups in total. The largest absolute Gasteiger partial charge is 0.387 e. The fourth-order valence-corrected chi connectivity index (χ4v) is 2.80. The van der Waals surface area contributed by atoms with Crippen molar-refractivity contribution < 1.29 is 5.11 Å². The van der Waals surface area contributed by atoms with E-state index in [0.717, 1.165) is 18.5 Å². The topological polar surface area (TPSA) is 69.5 Å². The number of pyridine rings is 1. The van der Waals surface area contributed by atoms with Crippen LogP contribution in [0.25, 0.3) is 0 Å². The maximum absolute atomic E-state index is 10.3. The van der Waals surface area contributed by atoms with Gasteiger partial charge in [0, 0.05) is 30.9 Å². The molecule has 0 aliphatic rings. The Kier molecular flexibility index (Phi) is 10.5. The molecule has 0 saturated heterocycles. The predicted octanol–water partition coefficient (Wildman–Crippen LogP) is 3.83. The monoisotopic (exact) mass is 496 g/mol. The average Bonchev–Trinajstić information content (AvgIpc) is 2.70. The Hall–Kier alpha value is -1.67. The molecule has 0 aliphatic carbocycles. The van der Waals surface area contributed by atoms with E-state index in [-0.39, 0.29) is 29.4 Å².